The Labute approximate surface area is 131 Å². The quantitative estimate of drug-likeness (QED) is 0.836. The highest BCUT2D eigenvalue weighted by Gasteiger charge is 2.42. The van der Waals surface area contributed by atoms with E-state index >= 15 is 0 Å². The molecule has 1 aliphatic heterocycles. The van der Waals surface area contributed by atoms with E-state index in [1.807, 2.05) is 6.07 Å². The van der Waals surface area contributed by atoms with Gasteiger partial charge in [0.15, 0.2) is 0 Å². The molecule has 0 radical (unpaired) electrons. The van der Waals surface area contributed by atoms with E-state index in [9.17, 15) is 0 Å². The number of anilines is 1. The third-order valence-electron chi connectivity index (χ3n) is 4.11. The Morgan fingerprint density at radius 3 is 2.52 bits per heavy atom. The molecule has 1 spiro atoms. The minimum absolute atomic E-state index is 0. The molecule has 1 aromatic carbocycles. The first-order valence-corrected chi connectivity index (χ1v) is 7.17. The number of rotatable bonds is 1. The summed E-state index contributed by atoms with van der Waals surface area (Å²) in [5.41, 5.74) is 13.9. The average Bonchev–Trinajstić information content (AvgIpc) is 2.38. The van der Waals surface area contributed by atoms with E-state index in [0.717, 1.165) is 31.4 Å². The molecule has 4 N–H and O–H groups in total. The fourth-order valence-corrected chi connectivity index (χ4v) is 3.26. The van der Waals surface area contributed by atoms with Gasteiger partial charge in [0.05, 0.1) is 0 Å². The van der Waals surface area contributed by atoms with Gasteiger partial charge < -0.3 is 11.5 Å². The lowest BCUT2D eigenvalue weighted by Gasteiger charge is -2.45. The predicted molar refractivity (Wildman–Crippen MR) is 90.0 cm³/mol. The maximum atomic E-state index is 6.17. The average molecular weight is 308 g/mol. The Bertz CT molecular complexity index is 575. The summed E-state index contributed by atoms with van der Waals surface area (Å²) < 4.78 is 0. The molecule has 0 aromatic heterocycles. The van der Waals surface area contributed by atoms with Crippen LogP contribution in [0.1, 0.15) is 37.7 Å². The molecule has 1 heterocycles. The number of aryl methyl sites for hydroxylation is 1. The second kappa shape index (κ2) is 5.93. The summed E-state index contributed by atoms with van der Waals surface area (Å²) in [6, 6.07) is 8.29. The second-order valence-electron chi connectivity index (χ2n) is 5.66. The Morgan fingerprint density at radius 2 is 1.86 bits per heavy atom. The summed E-state index contributed by atoms with van der Waals surface area (Å²) in [5.74, 6) is 0.748. The monoisotopic (exact) mass is 307 g/mol. The van der Waals surface area contributed by atoms with Crippen molar-refractivity contribution >= 4 is 30.0 Å². The Hall–Kier alpha value is -1.75. The lowest BCUT2D eigenvalue weighted by Crippen LogP contribution is -2.58. The predicted octanol–water partition coefficient (Wildman–Crippen LogP) is 2.53. The van der Waals surface area contributed by atoms with Crippen LogP contribution in [0.3, 0.4) is 0 Å². The number of aliphatic imine (C=N–C) groups is 2. The van der Waals surface area contributed by atoms with Crippen LogP contribution in [0, 0.1) is 6.92 Å². The van der Waals surface area contributed by atoms with Crippen LogP contribution in [-0.4, -0.2) is 17.6 Å². The summed E-state index contributed by atoms with van der Waals surface area (Å²) in [6.07, 6.45) is 5.48. The van der Waals surface area contributed by atoms with Gasteiger partial charge >= 0.3 is 0 Å². The number of hydrogen-bond donors (Lipinski definition) is 2. The maximum absolute atomic E-state index is 6.17. The number of nitrogens with zero attached hydrogens (tertiary/aromatic N) is 3. The highest BCUT2D eigenvalue weighted by Crippen LogP contribution is 2.39. The van der Waals surface area contributed by atoms with Crippen molar-refractivity contribution in [3.05, 3.63) is 29.8 Å². The summed E-state index contributed by atoms with van der Waals surface area (Å²) >= 11 is 0. The number of hydrogen-bond acceptors (Lipinski definition) is 5. The van der Waals surface area contributed by atoms with Crippen LogP contribution in [0.2, 0.25) is 0 Å². The van der Waals surface area contributed by atoms with Crippen molar-refractivity contribution in [2.45, 2.75) is 44.7 Å². The van der Waals surface area contributed by atoms with Crippen molar-refractivity contribution < 1.29 is 0 Å². The Kier molecular flexibility index (Phi) is 4.42. The molecule has 0 bridgehead atoms. The molecule has 6 heteroatoms. The van der Waals surface area contributed by atoms with Crippen LogP contribution in [0.15, 0.2) is 34.3 Å². The third-order valence-corrected chi connectivity index (χ3v) is 4.11. The number of benzene rings is 1. The van der Waals surface area contributed by atoms with Crippen molar-refractivity contribution in [2.24, 2.45) is 21.5 Å². The zero-order valence-corrected chi connectivity index (χ0v) is 13.1. The zero-order chi connectivity index (χ0) is 14.2. The minimum atomic E-state index is -0.345. The standard InChI is InChI=1S/C15H21N5.ClH/c1-11-6-5-7-12(10-11)20-14(17)18-13(16)19-15(20)8-3-2-4-9-15;/h5-7,10H,2-4,8-9H2,1H3,(H4,16,17,18,19);1H. The van der Waals surface area contributed by atoms with E-state index in [4.69, 9.17) is 11.5 Å². The number of guanidine groups is 2. The van der Waals surface area contributed by atoms with E-state index in [2.05, 4.69) is 40.0 Å². The van der Waals surface area contributed by atoms with E-state index in [1.165, 1.54) is 12.0 Å². The van der Waals surface area contributed by atoms with Crippen LogP contribution >= 0.6 is 12.4 Å². The maximum Gasteiger partial charge on any atom is 0.220 e. The van der Waals surface area contributed by atoms with Gasteiger partial charge in [0.2, 0.25) is 11.9 Å². The molecule has 0 saturated heterocycles. The first-order chi connectivity index (χ1) is 9.61. The molecule has 1 aromatic rings. The molecule has 21 heavy (non-hydrogen) atoms. The van der Waals surface area contributed by atoms with Crippen LogP contribution in [0.4, 0.5) is 5.69 Å². The van der Waals surface area contributed by atoms with Gasteiger partial charge in [-0.1, -0.05) is 18.6 Å². The molecular formula is C15H22ClN5. The first kappa shape index (κ1) is 15.6. The van der Waals surface area contributed by atoms with Gasteiger partial charge in [-0.15, -0.1) is 12.4 Å². The number of halogens is 1. The van der Waals surface area contributed by atoms with Gasteiger partial charge in [-0.05, 0) is 50.3 Å². The van der Waals surface area contributed by atoms with Gasteiger partial charge in [0, 0.05) is 5.69 Å². The molecule has 3 rings (SSSR count). The molecule has 2 aliphatic rings. The molecule has 1 aliphatic carbocycles. The molecule has 5 nitrogen and oxygen atoms in total. The minimum Gasteiger partial charge on any atom is -0.369 e. The zero-order valence-electron chi connectivity index (χ0n) is 12.2. The fourth-order valence-electron chi connectivity index (χ4n) is 3.26. The molecular weight excluding hydrogens is 286 g/mol. The van der Waals surface area contributed by atoms with Crippen molar-refractivity contribution in [3.63, 3.8) is 0 Å². The summed E-state index contributed by atoms with van der Waals surface area (Å²) in [5, 5.41) is 0. The number of nitrogens with two attached hydrogens (primary N) is 2. The van der Waals surface area contributed by atoms with Crippen molar-refractivity contribution in [1.82, 2.24) is 0 Å². The lowest BCUT2D eigenvalue weighted by molar-refractivity contribution is 0.305. The summed E-state index contributed by atoms with van der Waals surface area (Å²) in [7, 11) is 0. The topological polar surface area (TPSA) is 80.0 Å². The molecule has 0 unspecified atom stereocenters. The fraction of sp³-hybridized carbons (Fsp3) is 0.467. The lowest BCUT2D eigenvalue weighted by atomic mass is 9.87. The van der Waals surface area contributed by atoms with Gasteiger partial charge in [-0.2, -0.15) is 4.99 Å². The van der Waals surface area contributed by atoms with Gasteiger partial charge in [0.1, 0.15) is 5.66 Å². The van der Waals surface area contributed by atoms with E-state index in [1.54, 1.807) is 0 Å². The van der Waals surface area contributed by atoms with Crippen LogP contribution in [0.25, 0.3) is 0 Å². The molecule has 1 saturated carbocycles. The van der Waals surface area contributed by atoms with Crippen molar-refractivity contribution in [3.8, 4) is 0 Å². The van der Waals surface area contributed by atoms with Gasteiger partial charge in [0.25, 0.3) is 0 Å². The molecule has 0 amide bonds. The summed E-state index contributed by atoms with van der Waals surface area (Å²) in [4.78, 5) is 10.9. The largest absolute Gasteiger partial charge is 0.369 e. The Balaban J connectivity index is 0.00000161. The summed E-state index contributed by atoms with van der Waals surface area (Å²) in [6.45, 7) is 2.08. The second-order valence-corrected chi connectivity index (χ2v) is 5.66. The van der Waals surface area contributed by atoms with Gasteiger partial charge in [-0.3, -0.25) is 4.90 Å². The van der Waals surface area contributed by atoms with Crippen molar-refractivity contribution in [1.29, 1.82) is 0 Å². The SMILES string of the molecule is Cc1cccc(N2C(N)=NC(N)=NC23CCCCC3)c1.Cl. The molecule has 0 atom stereocenters. The highest BCUT2D eigenvalue weighted by atomic mass is 35.5. The highest BCUT2D eigenvalue weighted by molar-refractivity contribution is 6.05. The van der Waals surface area contributed by atoms with E-state index < -0.39 is 0 Å². The van der Waals surface area contributed by atoms with E-state index in [-0.39, 0.29) is 18.1 Å². The Morgan fingerprint density at radius 1 is 1.14 bits per heavy atom. The normalized spacial score (nSPS) is 20.5. The molecule has 1 fully saturated rings. The van der Waals surface area contributed by atoms with Crippen LogP contribution in [-0.2, 0) is 0 Å². The third kappa shape index (κ3) is 2.83. The van der Waals surface area contributed by atoms with Crippen LogP contribution in [0.5, 0.6) is 0 Å². The van der Waals surface area contributed by atoms with E-state index in [0.29, 0.717) is 11.9 Å². The molecule has 114 valence electrons. The van der Waals surface area contributed by atoms with Crippen LogP contribution < -0.4 is 16.4 Å². The smallest absolute Gasteiger partial charge is 0.220 e. The van der Waals surface area contributed by atoms with Crippen molar-refractivity contribution in [2.75, 3.05) is 4.90 Å². The van der Waals surface area contributed by atoms with Gasteiger partial charge in [-0.25, -0.2) is 4.99 Å². The first-order valence-electron chi connectivity index (χ1n) is 7.17.